The molecule has 1 heterocycles. The fraction of sp³-hybridized carbons (Fsp3) is 0.467. The molecular weight excluding hydrogens is 323 g/mol. The monoisotopic (exact) mass is 341 g/mol. The first-order valence-electron chi connectivity index (χ1n) is 7.54. The Morgan fingerprint density at radius 3 is 2.79 bits per heavy atom. The summed E-state index contributed by atoms with van der Waals surface area (Å²) in [6.45, 7) is 3.77. The molecule has 9 heteroatoms. The van der Waals surface area contributed by atoms with Crippen molar-refractivity contribution >= 4 is 5.91 Å². The number of nitrogens with one attached hydrogen (secondary N) is 1. The highest BCUT2D eigenvalue weighted by atomic mass is 19.4. The molecule has 0 bridgehead atoms. The van der Waals surface area contributed by atoms with Crippen LogP contribution >= 0.6 is 0 Å². The number of tetrazole rings is 1. The fourth-order valence-electron chi connectivity index (χ4n) is 2.21. The number of amides is 1. The number of alkyl halides is 3. The number of benzene rings is 1. The highest BCUT2D eigenvalue weighted by molar-refractivity contribution is 5.75. The average Bonchev–Trinajstić information content (AvgIpc) is 2.95. The molecule has 24 heavy (non-hydrogen) atoms. The lowest BCUT2D eigenvalue weighted by molar-refractivity contribution is -0.137. The second-order valence-corrected chi connectivity index (χ2v) is 5.48. The minimum absolute atomic E-state index is 0.0361. The van der Waals surface area contributed by atoms with Gasteiger partial charge in [-0.15, -0.1) is 10.2 Å². The van der Waals surface area contributed by atoms with E-state index in [1.807, 2.05) is 13.8 Å². The summed E-state index contributed by atoms with van der Waals surface area (Å²) in [7, 11) is 0. The van der Waals surface area contributed by atoms with E-state index in [0.29, 0.717) is 0 Å². The summed E-state index contributed by atoms with van der Waals surface area (Å²) in [4.78, 5) is 12.9. The number of rotatable bonds is 6. The maximum Gasteiger partial charge on any atom is 0.416 e. The summed E-state index contributed by atoms with van der Waals surface area (Å²) in [6.07, 6.45) is -2.64. The maximum absolute atomic E-state index is 12.7. The van der Waals surface area contributed by atoms with Crippen LogP contribution in [0.3, 0.4) is 0 Å². The van der Waals surface area contributed by atoms with Gasteiger partial charge in [0.25, 0.3) is 0 Å². The highest BCUT2D eigenvalue weighted by Gasteiger charge is 2.30. The van der Waals surface area contributed by atoms with Gasteiger partial charge >= 0.3 is 6.18 Å². The molecule has 0 aliphatic carbocycles. The molecule has 0 saturated heterocycles. The van der Waals surface area contributed by atoms with Crippen LogP contribution in [0.25, 0.3) is 11.4 Å². The number of carbonyl (C=O) groups excluding carboxylic acids is 1. The molecule has 0 spiro atoms. The van der Waals surface area contributed by atoms with Crippen LogP contribution in [0.1, 0.15) is 32.3 Å². The summed E-state index contributed by atoms with van der Waals surface area (Å²) < 4.78 is 38.2. The molecule has 1 atom stereocenters. The van der Waals surface area contributed by atoms with Gasteiger partial charge in [-0.2, -0.15) is 18.0 Å². The number of hydrogen-bond donors (Lipinski definition) is 1. The summed E-state index contributed by atoms with van der Waals surface area (Å²) in [6, 6.07) is 4.69. The first-order valence-corrected chi connectivity index (χ1v) is 7.54. The lowest BCUT2D eigenvalue weighted by Crippen LogP contribution is -2.35. The molecule has 1 N–H and O–H groups in total. The van der Waals surface area contributed by atoms with E-state index in [4.69, 9.17) is 0 Å². The zero-order valence-corrected chi connectivity index (χ0v) is 13.3. The lowest BCUT2D eigenvalue weighted by atomic mass is 10.1. The van der Waals surface area contributed by atoms with Crippen molar-refractivity contribution < 1.29 is 18.0 Å². The minimum atomic E-state index is -4.44. The number of halogens is 3. The van der Waals surface area contributed by atoms with E-state index in [2.05, 4.69) is 20.7 Å². The van der Waals surface area contributed by atoms with Gasteiger partial charge < -0.3 is 5.32 Å². The Bertz CT molecular complexity index is 698. The van der Waals surface area contributed by atoms with Crippen LogP contribution in [0.4, 0.5) is 13.2 Å². The van der Waals surface area contributed by atoms with E-state index in [9.17, 15) is 18.0 Å². The van der Waals surface area contributed by atoms with Crippen molar-refractivity contribution in [3.63, 3.8) is 0 Å². The van der Waals surface area contributed by atoms with Gasteiger partial charge in [0.15, 0.2) is 0 Å². The molecule has 1 amide bonds. The molecule has 1 aromatic heterocycles. The van der Waals surface area contributed by atoms with Crippen molar-refractivity contribution in [2.24, 2.45) is 0 Å². The van der Waals surface area contributed by atoms with Gasteiger partial charge in [0, 0.05) is 11.6 Å². The van der Waals surface area contributed by atoms with Crippen molar-refractivity contribution in [1.82, 2.24) is 25.5 Å². The Kier molecular flexibility index (Phi) is 5.53. The summed E-state index contributed by atoms with van der Waals surface area (Å²) >= 11 is 0. The van der Waals surface area contributed by atoms with Gasteiger partial charge in [0.05, 0.1) is 5.56 Å². The smallest absolute Gasteiger partial charge is 0.352 e. The molecule has 6 nitrogen and oxygen atoms in total. The van der Waals surface area contributed by atoms with Gasteiger partial charge in [0.1, 0.15) is 6.54 Å². The SMILES string of the molecule is CCCC(C)NC(=O)Cn1nnc(-c2cccc(C(F)(F)F)c2)n1. The topological polar surface area (TPSA) is 72.7 Å². The van der Waals surface area contributed by atoms with Gasteiger partial charge in [-0.05, 0) is 30.7 Å². The van der Waals surface area contributed by atoms with Crippen LogP contribution in [0.5, 0.6) is 0 Å². The van der Waals surface area contributed by atoms with E-state index < -0.39 is 11.7 Å². The summed E-state index contributed by atoms with van der Waals surface area (Å²) in [5.41, 5.74) is -0.599. The van der Waals surface area contributed by atoms with Gasteiger partial charge in [-0.3, -0.25) is 4.79 Å². The van der Waals surface area contributed by atoms with Crippen molar-refractivity contribution in [3.05, 3.63) is 29.8 Å². The molecule has 0 aliphatic rings. The second-order valence-electron chi connectivity index (χ2n) is 5.48. The zero-order valence-electron chi connectivity index (χ0n) is 13.3. The predicted octanol–water partition coefficient (Wildman–Crippen LogP) is 2.66. The van der Waals surface area contributed by atoms with E-state index >= 15 is 0 Å². The molecule has 0 radical (unpaired) electrons. The third-order valence-corrected chi connectivity index (χ3v) is 3.32. The van der Waals surface area contributed by atoms with Crippen LogP contribution < -0.4 is 5.32 Å². The molecule has 2 aromatic rings. The number of aromatic nitrogens is 4. The molecule has 0 aliphatic heterocycles. The van der Waals surface area contributed by atoms with Crippen LogP contribution in [0.15, 0.2) is 24.3 Å². The number of carbonyl (C=O) groups is 1. The predicted molar refractivity (Wildman–Crippen MR) is 80.8 cm³/mol. The Hall–Kier alpha value is -2.45. The fourth-order valence-corrected chi connectivity index (χ4v) is 2.21. The first kappa shape index (κ1) is 17.9. The van der Waals surface area contributed by atoms with Gasteiger partial charge in [-0.1, -0.05) is 25.5 Å². The first-order chi connectivity index (χ1) is 11.3. The van der Waals surface area contributed by atoms with Crippen LogP contribution in [0.2, 0.25) is 0 Å². The lowest BCUT2D eigenvalue weighted by Gasteiger charge is -2.11. The highest BCUT2D eigenvalue weighted by Crippen LogP contribution is 2.31. The summed E-state index contributed by atoms with van der Waals surface area (Å²) in [5.74, 6) is -0.237. The van der Waals surface area contributed by atoms with Crippen molar-refractivity contribution in [2.75, 3.05) is 0 Å². The van der Waals surface area contributed by atoms with E-state index in [1.54, 1.807) is 0 Å². The maximum atomic E-state index is 12.7. The Balaban J connectivity index is 2.07. The molecule has 2 rings (SSSR count). The second kappa shape index (κ2) is 7.41. The third-order valence-electron chi connectivity index (χ3n) is 3.32. The molecule has 1 aromatic carbocycles. The van der Waals surface area contributed by atoms with E-state index in [-0.39, 0.29) is 29.9 Å². The standard InChI is InChI=1S/C15H18F3N5O/c1-3-5-10(2)19-13(24)9-23-21-14(20-22-23)11-6-4-7-12(8-11)15(16,17)18/h4,6-8,10H,3,5,9H2,1-2H3,(H,19,24). The Labute approximate surface area is 137 Å². The largest absolute Gasteiger partial charge is 0.416 e. The Morgan fingerprint density at radius 2 is 2.12 bits per heavy atom. The van der Waals surface area contributed by atoms with Crippen molar-refractivity contribution in [1.29, 1.82) is 0 Å². The molecular formula is C15H18F3N5O. The molecule has 1 unspecified atom stereocenters. The van der Waals surface area contributed by atoms with E-state index in [1.165, 1.54) is 12.1 Å². The quantitative estimate of drug-likeness (QED) is 0.877. The van der Waals surface area contributed by atoms with Crippen molar-refractivity contribution in [3.8, 4) is 11.4 Å². The average molecular weight is 341 g/mol. The van der Waals surface area contributed by atoms with Crippen LogP contribution in [-0.2, 0) is 17.5 Å². The Morgan fingerprint density at radius 1 is 1.38 bits per heavy atom. The number of hydrogen-bond acceptors (Lipinski definition) is 4. The van der Waals surface area contributed by atoms with E-state index in [0.717, 1.165) is 29.8 Å². The molecule has 0 saturated carbocycles. The zero-order chi connectivity index (χ0) is 17.7. The molecule has 130 valence electrons. The third kappa shape index (κ3) is 4.77. The minimum Gasteiger partial charge on any atom is -0.352 e. The van der Waals surface area contributed by atoms with Crippen LogP contribution in [-0.4, -0.2) is 32.2 Å². The normalized spacial score (nSPS) is 12.9. The summed E-state index contributed by atoms with van der Waals surface area (Å²) in [5, 5.41) is 14.2. The van der Waals surface area contributed by atoms with Gasteiger partial charge in [0.2, 0.25) is 11.7 Å². The van der Waals surface area contributed by atoms with Gasteiger partial charge in [-0.25, -0.2) is 0 Å². The number of nitrogens with zero attached hydrogens (tertiary/aromatic N) is 4. The van der Waals surface area contributed by atoms with Crippen LogP contribution in [0, 0.1) is 0 Å². The molecule has 0 fully saturated rings. The van der Waals surface area contributed by atoms with Crippen molar-refractivity contribution in [2.45, 2.75) is 45.5 Å².